The van der Waals surface area contributed by atoms with E-state index < -0.39 is 30.1 Å². The quantitative estimate of drug-likeness (QED) is 0.404. The molecule has 1 saturated heterocycles. The molecule has 0 aromatic heterocycles. The zero-order chi connectivity index (χ0) is 23.8. The van der Waals surface area contributed by atoms with Crippen LogP contribution in [-0.2, 0) is 14.3 Å². The number of carbonyl (C=O) groups excluding carboxylic acids is 3. The predicted molar refractivity (Wildman–Crippen MR) is 124 cm³/mol. The summed E-state index contributed by atoms with van der Waals surface area (Å²) in [6.07, 6.45) is 0.937. The van der Waals surface area contributed by atoms with Gasteiger partial charge in [0.1, 0.15) is 0 Å². The zero-order valence-corrected chi connectivity index (χ0v) is 19.1. The molecule has 3 atom stereocenters. The van der Waals surface area contributed by atoms with Crippen LogP contribution in [0.1, 0.15) is 44.1 Å². The van der Waals surface area contributed by atoms with Gasteiger partial charge < -0.3 is 9.64 Å². The summed E-state index contributed by atoms with van der Waals surface area (Å²) in [7, 11) is 0. The van der Waals surface area contributed by atoms with Gasteiger partial charge in [-0.05, 0) is 49.1 Å². The number of para-hydroxylation sites is 1. The number of piperidine rings is 1. The van der Waals surface area contributed by atoms with Crippen LogP contribution in [0.4, 0.5) is 10.5 Å². The summed E-state index contributed by atoms with van der Waals surface area (Å²) in [6.45, 7) is 2.16. The van der Waals surface area contributed by atoms with Crippen LogP contribution in [-0.4, -0.2) is 40.8 Å². The Morgan fingerprint density at radius 2 is 1.82 bits per heavy atom. The normalized spacial score (nSPS) is 17.5. The maximum atomic E-state index is 13.8. The van der Waals surface area contributed by atoms with Gasteiger partial charge in [0.25, 0.3) is 0 Å². The number of amides is 3. The van der Waals surface area contributed by atoms with Gasteiger partial charge in [-0.2, -0.15) is 0 Å². The van der Waals surface area contributed by atoms with Crippen molar-refractivity contribution >= 4 is 35.2 Å². The summed E-state index contributed by atoms with van der Waals surface area (Å²) in [5.74, 6) is -2.68. The lowest BCUT2D eigenvalue weighted by molar-refractivity contribution is -0.151. The lowest BCUT2D eigenvalue weighted by Gasteiger charge is -2.38. The van der Waals surface area contributed by atoms with Gasteiger partial charge in [0.15, 0.2) is 6.23 Å². The molecule has 2 aromatic carbocycles. The van der Waals surface area contributed by atoms with E-state index in [2.05, 4.69) is 5.32 Å². The minimum absolute atomic E-state index is 0.319. The summed E-state index contributed by atoms with van der Waals surface area (Å²) in [5.41, 5.74) is 2.85. The molecule has 0 unspecified atom stereocenters. The number of hydrogen-bond acceptors (Lipinski definition) is 5. The first-order chi connectivity index (χ1) is 15.9. The van der Waals surface area contributed by atoms with E-state index in [4.69, 9.17) is 16.3 Å². The summed E-state index contributed by atoms with van der Waals surface area (Å²) < 4.78 is 5.62. The molecule has 0 radical (unpaired) electrons. The van der Waals surface area contributed by atoms with E-state index in [-0.39, 0.29) is 5.91 Å². The highest BCUT2D eigenvalue weighted by Gasteiger charge is 2.40. The SMILES string of the molecule is CC[C@H](C(=O)NO)[C@H](C(=O)N1CCCC[C@@H]1OC(=O)Nc1ccccc1)c1ccc(Cl)cc1. The van der Waals surface area contributed by atoms with E-state index in [0.717, 1.165) is 12.8 Å². The fourth-order valence-electron chi connectivity index (χ4n) is 4.12. The number of benzene rings is 2. The Balaban J connectivity index is 1.84. The second-order valence-corrected chi connectivity index (χ2v) is 8.33. The maximum Gasteiger partial charge on any atom is 0.413 e. The molecule has 176 valence electrons. The number of nitrogens with one attached hydrogen (secondary N) is 2. The number of nitrogens with zero attached hydrogens (tertiary/aromatic N) is 1. The molecule has 3 N–H and O–H groups in total. The monoisotopic (exact) mass is 473 g/mol. The smallest absolute Gasteiger partial charge is 0.413 e. The molecule has 0 spiro atoms. The number of likely N-dealkylation sites (tertiary alicyclic amines) is 1. The van der Waals surface area contributed by atoms with Gasteiger partial charge in [-0.25, -0.2) is 10.3 Å². The Labute approximate surface area is 197 Å². The van der Waals surface area contributed by atoms with Crippen LogP contribution in [0.2, 0.25) is 5.02 Å². The second-order valence-electron chi connectivity index (χ2n) is 7.90. The standard InChI is InChI=1S/C24H28ClN3O5/c1-2-19(22(29)27-32)21(16-11-13-17(25)14-12-16)23(30)28-15-7-6-10-20(28)33-24(31)26-18-8-4-3-5-9-18/h3-5,8-9,11-14,19-21,32H,2,6-7,10,15H2,1H3,(H,26,31)(H,27,29)/t19-,20-,21+/m0/s1. The third-order valence-corrected chi connectivity index (χ3v) is 6.03. The van der Waals surface area contributed by atoms with Crippen LogP contribution >= 0.6 is 11.6 Å². The van der Waals surface area contributed by atoms with Crippen LogP contribution in [0.15, 0.2) is 54.6 Å². The van der Waals surface area contributed by atoms with E-state index in [0.29, 0.717) is 35.7 Å². The third-order valence-electron chi connectivity index (χ3n) is 5.78. The predicted octanol–water partition coefficient (Wildman–Crippen LogP) is 4.54. The van der Waals surface area contributed by atoms with E-state index in [9.17, 15) is 19.6 Å². The number of hydroxylamine groups is 1. The van der Waals surface area contributed by atoms with Crippen molar-refractivity contribution in [3.63, 3.8) is 0 Å². The first-order valence-corrected chi connectivity index (χ1v) is 11.3. The van der Waals surface area contributed by atoms with Crippen molar-refractivity contribution in [2.75, 3.05) is 11.9 Å². The molecule has 0 aliphatic carbocycles. The molecule has 1 fully saturated rings. The van der Waals surface area contributed by atoms with Crippen molar-refractivity contribution in [1.82, 2.24) is 10.4 Å². The van der Waals surface area contributed by atoms with Gasteiger partial charge in [0.2, 0.25) is 11.8 Å². The number of ether oxygens (including phenoxy) is 1. The fourth-order valence-corrected chi connectivity index (χ4v) is 4.25. The van der Waals surface area contributed by atoms with Crippen molar-refractivity contribution in [3.05, 3.63) is 65.2 Å². The Hall–Kier alpha value is -3.10. The summed E-state index contributed by atoms with van der Waals surface area (Å²) >= 11 is 6.02. The molecule has 3 amide bonds. The van der Waals surface area contributed by atoms with Crippen LogP contribution in [0.5, 0.6) is 0 Å². The van der Waals surface area contributed by atoms with Crippen LogP contribution in [0.25, 0.3) is 0 Å². The lowest BCUT2D eigenvalue weighted by atomic mass is 9.82. The highest BCUT2D eigenvalue weighted by Crippen LogP contribution is 2.33. The van der Waals surface area contributed by atoms with Crippen molar-refractivity contribution in [2.45, 2.75) is 44.8 Å². The average Bonchev–Trinajstić information content (AvgIpc) is 2.83. The van der Waals surface area contributed by atoms with Gasteiger partial charge in [-0.3, -0.25) is 20.1 Å². The Kier molecular flexibility index (Phi) is 8.68. The fraction of sp³-hybridized carbons (Fsp3) is 0.375. The van der Waals surface area contributed by atoms with E-state index >= 15 is 0 Å². The van der Waals surface area contributed by atoms with Gasteiger partial charge in [-0.15, -0.1) is 0 Å². The summed E-state index contributed by atoms with van der Waals surface area (Å²) in [4.78, 5) is 40.2. The molecular weight excluding hydrogens is 446 g/mol. The molecule has 1 heterocycles. The minimum atomic E-state index is -0.874. The zero-order valence-electron chi connectivity index (χ0n) is 18.4. The number of anilines is 1. The van der Waals surface area contributed by atoms with Gasteiger partial charge in [0, 0.05) is 23.7 Å². The van der Waals surface area contributed by atoms with E-state index in [1.54, 1.807) is 60.9 Å². The number of halogens is 1. The van der Waals surface area contributed by atoms with Crippen molar-refractivity contribution < 1.29 is 24.3 Å². The summed E-state index contributed by atoms with van der Waals surface area (Å²) in [6, 6.07) is 15.6. The van der Waals surface area contributed by atoms with Crippen molar-refractivity contribution in [3.8, 4) is 0 Å². The Bertz CT molecular complexity index is 954. The summed E-state index contributed by atoms with van der Waals surface area (Å²) in [5, 5.41) is 12.4. The molecular formula is C24H28ClN3O5. The van der Waals surface area contributed by atoms with Crippen LogP contribution < -0.4 is 10.8 Å². The Morgan fingerprint density at radius 1 is 1.12 bits per heavy atom. The minimum Gasteiger partial charge on any atom is -0.425 e. The molecule has 0 bridgehead atoms. The highest BCUT2D eigenvalue weighted by molar-refractivity contribution is 6.30. The average molecular weight is 474 g/mol. The molecule has 9 heteroatoms. The highest BCUT2D eigenvalue weighted by atomic mass is 35.5. The topological polar surface area (TPSA) is 108 Å². The molecule has 0 saturated carbocycles. The van der Waals surface area contributed by atoms with Gasteiger partial charge in [0.05, 0.1) is 11.8 Å². The number of hydrogen-bond donors (Lipinski definition) is 3. The van der Waals surface area contributed by atoms with Crippen LogP contribution in [0.3, 0.4) is 0 Å². The molecule has 8 nitrogen and oxygen atoms in total. The number of rotatable bonds is 7. The van der Waals surface area contributed by atoms with Crippen molar-refractivity contribution in [1.29, 1.82) is 0 Å². The lowest BCUT2D eigenvalue weighted by Crippen LogP contribution is -2.50. The molecule has 1 aliphatic rings. The van der Waals surface area contributed by atoms with Gasteiger partial charge in [-0.1, -0.05) is 48.9 Å². The Morgan fingerprint density at radius 3 is 2.45 bits per heavy atom. The molecule has 1 aliphatic heterocycles. The number of carbonyl (C=O) groups is 3. The van der Waals surface area contributed by atoms with E-state index in [1.165, 1.54) is 4.90 Å². The third kappa shape index (κ3) is 6.24. The van der Waals surface area contributed by atoms with Crippen LogP contribution in [0, 0.1) is 5.92 Å². The largest absolute Gasteiger partial charge is 0.425 e. The molecule has 2 aromatic rings. The maximum absolute atomic E-state index is 13.8. The van der Waals surface area contributed by atoms with E-state index in [1.807, 2.05) is 6.07 Å². The first kappa shape index (κ1) is 24.5. The first-order valence-electron chi connectivity index (χ1n) is 11.0. The molecule has 33 heavy (non-hydrogen) atoms. The second kappa shape index (κ2) is 11.7. The van der Waals surface area contributed by atoms with Gasteiger partial charge >= 0.3 is 6.09 Å². The van der Waals surface area contributed by atoms with Crippen molar-refractivity contribution in [2.24, 2.45) is 5.92 Å². The molecule has 3 rings (SSSR count).